The topological polar surface area (TPSA) is 30.7 Å². The van der Waals surface area contributed by atoms with Crippen LogP contribution in [0.2, 0.25) is 5.02 Å². The van der Waals surface area contributed by atoms with Crippen molar-refractivity contribution in [2.24, 2.45) is 5.92 Å². The van der Waals surface area contributed by atoms with Crippen LogP contribution in [0, 0.1) is 5.92 Å². The quantitative estimate of drug-likeness (QED) is 0.781. The first-order valence-corrected chi connectivity index (χ1v) is 5.69. The maximum Gasteiger partial charge on any atom is 0.114 e. The average Bonchev–Trinajstić information content (AvgIpc) is 2.54. The molecule has 1 aromatic heterocycles. The summed E-state index contributed by atoms with van der Waals surface area (Å²) in [6.07, 6.45) is 4.02. The largest absolute Gasteiger partial charge is 0.244 e. The molecule has 0 saturated heterocycles. The molecule has 0 N–H and O–H groups in total. The van der Waals surface area contributed by atoms with Crippen LogP contribution in [0.1, 0.15) is 19.3 Å². The number of hydrogen-bond donors (Lipinski definition) is 0. The monoisotopic (exact) mass is 221 g/mol. The summed E-state index contributed by atoms with van der Waals surface area (Å²) in [4.78, 5) is 0. The summed E-state index contributed by atoms with van der Waals surface area (Å²) in [5.41, 5.74) is 1.98. The number of hydrogen-bond acceptors (Lipinski definition) is 2. The van der Waals surface area contributed by atoms with Crippen molar-refractivity contribution in [2.45, 2.75) is 25.8 Å². The second-order valence-corrected chi connectivity index (χ2v) is 4.64. The van der Waals surface area contributed by atoms with Crippen molar-refractivity contribution in [1.82, 2.24) is 15.0 Å². The van der Waals surface area contributed by atoms with E-state index in [1.807, 2.05) is 22.9 Å². The predicted octanol–water partition coefficient (Wildman–Crippen LogP) is 2.88. The zero-order chi connectivity index (χ0) is 10.3. The standard InChI is InChI=1S/C11H12ClN3/c12-9-4-5-11-10(6-9)13-14-15(11)7-8-2-1-3-8/h4-6,8H,1-3,7H2. The van der Waals surface area contributed by atoms with E-state index < -0.39 is 0 Å². The van der Waals surface area contributed by atoms with Gasteiger partial charge in [-0.05, 0) is 37.0 Å². The van der Waals surface area contributed by atoms with Gasteiger partial charge in [0.05, 0.1) is 5.52 Å². The van der Waals surface area contributed by atoms with E-state index in [0.717, 1.165) is 28.5 Å². The Morgan fingerprint density at radius 2 is 2.27 bits per heavy atom. The molecule has 0 spiro atoms. The molecule has 0 atom stereocenters. The summed E-state index contributed by atoms with van der Waals surface area (Å²) in [5.74, 6) is 0.797. The molecule has 1 aliphatic carbocycles. The lowest BCUT2D eigenvalue weighted by Gasteiger charge is -2.24. The molecule has 3 nitrogen and oxygen atoms in total. The molecule has 0 aliphatic heterocycles. The molecule has 2 aromatic rings. The van der Waals surface area contributed by atoms with Crippen LogP contribution in [-0.2, 0) is 6.54 Å². The van der Waals surface area contributed by atoms with Crippen LogP contribution in [-0.4, -0.2) is 15.0 Å². The number of fused-ring (bicyclic) bond motifs is 1. The third-order valence-corrected chi connectivity index (χ3v) is 3.37. The Kier molecular flexibility index (Phi) is 2.13. The van der Waals surface area contributed by atoms with E-state index in [9.17, 15) is 0 Å². The summed E-state index contributed by atoms with van der Waals surface area (Å²) in [7, 11) is 0. The molecule has 15 heavy (non-hydrogen) atoms. The van der Waals surface area contributed by atoms with Crippen molar-refractivity contribution in [2.75, 3.05) is 0 Å². The van der Waals surface area contributed by atoms with E-state index in [-0.39, 0.29) is 0 Å². The van der Waals surface area contributed by atoms with Crippen molar-refractivity contribution in [3.63, 3.8) is 0 Å². The minimum absolute atomic E-state index is 0.721. The Balaban J connectivity index is 1.96. The van der Waals surface area contributed by atoms with Crippen LogP contribution in [0.4, 0.5) is 0 Å². The third-order valence-electron chi connectivity index (χ3n) is 3.13. The van der Waals surface area contributed by atoms with E-state index >= 15 is 0 Å². The first-order chi connectivity index (χ1) is 7.33. The summed E-state index contributed by atoms with van der Waals surface area (Å²) >= 11 is 5.90. The molecule has 0 unspecified atom stereocenters. The molecule has 78 valence electrons. The highest BCUT2D eigenvalue weighted by atomic mass is 35.5. The van der Waals surface area contributed by atoms with Crippen molar-refractivity contribution >= 4 is 22.6 Å². The van der Waals surface area contributed by atoms with Gasteiger partial charge in [-0.2, -0.15) is 0 Å². The molecule has 1 aliphatic rings. The summed E-state index contributed by atoms with van der Waals surface area (Å²) in [5, 5.41) is 9.01. The highest BCUT2D eigenvalue weighted by Crippen LogP contribution is 2.28. The summed E-state index contributed by atoms with van der Waals surface area (Å²) in [6, 6.07) is 5.75. The lowest BCUT2D eigenvalue weighted by atomic mass is 9.85. The Morgan fingerprint density at radius 1 is 1.40 bits per heavy atom. The lowest BCUT2D eigenvalue weighted by molar-refractivity contribution is 0.268. The molecule has 1 saturated carbocycles. The van der Waals surface area contributed by atoms with Crippen LogP contribution in [0.3, 0.4) is 0 Å². The van der Waals surface area contributed by atoms with Crippen molar-refractivity contribution in [3.8, 4) is 0 Å². The van der Waals surface area contributed by atoms with E-state index in [1.165, 1.54) is 19.3 Å². The van der Waals surface area contributed by atoms with Gasteiger partial charge in [0.15, 0.2) is 0 Å². The molecule has 0 radical (unpaired) electrons. The van der Waals surface area contributed by atoms with Crippen LogP contribution in [0.15, 0.2) is 18.2 Å². The Labute approximate surface area is 93.0 Å². The Morgan fingerprint density at radius 3 is 3.00 bits per heavy atom. The highest BCUT2D eigenvalue weighted by molar-refractivity contribution is 6.31. The molecule has 1 heterocycles. The minimum atomic E-state index is 0.721. The van der Waals surface area contributed by atoms with Gasteiger partial charge in [0.25, 0.3) is 0 Å². The van der Waals surface area contributed by atoms with Gasteiger partial charge in [-0.25, -0.2) is 4.68 Å². The fourth-order valence-electron chi connectivity index (χ4n) is 2.00. The van der Waals surface area contributed by atoms with Crippen LogP contribution < -0.4 is 0 Å². The summed E-state index contributed by atoms with van der Waals surface area (Å²) in [6.45, 7) is 0.998. The van der Waals surface area contributed by atoms with E-state index in [4.69, 9.17) is 11.6 Å². The van der Waals surface area contributed by atoms with Crippen molar-refractivity contribution < 1.29 is 0 Å². The number of rotatable bonds is 2. The van der Waals surface area contributed by atoms with Crippen molar-refractivity contribution in [1.29, 1.82) is 0 Å². The zero-order valence-electron chi connectivity index (χ0n) is 8.36. The molecule has 0 amide bonds. The fourth-order valence-corrected chi connectivity index (χ4v) is 2.17. The van der Waals surface area contributed by atoms with Gasteiger partial charge in [0.1, 0.15) is 5.52 Å². The smallest absolute Gasteiger partial charge is 0.114 e. The number of aromatic nitrogens is 3. The molecule has 4 heteroatoms. The predicted molar refractivity (Wildman–Crippen MR) is 59.9 cm³/mol. The van der Waals surface area contributed by atoms with E-state index in [2.05, 4.69) is 10.3 Å². The summed E-state index contributed by atoms with van der Waals surface area (Å²) < 4.78 is 2.00. The van der Waals surface area contributed by atoms with E-state index in [1.54, 1.807) is 0 Å². The maximum absolute atomic E-state index is 5.90. The van der Waals surface area contributed by atoms with Gasteiger partial charge in [-0.1, -0.05) is 23.2 Å². The molecule has 1 aromatic carbocycles. The molecular formula is C11H12ClN3. The first kappa shape index (κ1) is 9.16. The van der Waals surface area contributed by atoms with Crippen LogP contribution >= 0.6 is 11.6 Å². The fraction of sp³-hybridized carbons (Fsp3) is 0.455. The molecule has 0 bridgehead atoms. The van der Waals surface area contributed by atoms with Gasteiger partial charge >= 0.3 is 0 Å². The molecule has 3 rings (SSSR count). The molecule has 1 fully saturated rings. The maximum atomic E-state index is 5.90. The molecular weight excluding hydrogens is 210 g/mol. The van der Waals surface area contributed by atoms with Gasteiger partial charge in [-0.3, -0.25) is 0 Å². The third kappa shape index (κ3) is 1.61. The Bertz CT molecular complexity index is 488. The van der Waals surface area contributed by atoms with Gasteiger partial charge in [0, 0.05) is 11.6 Å². The highest BCUT2D eigenvalue weighted by Gasteiger charge is 2.19. The number of halogens is 1. The van der Waals surface area contributed by atoms with Gasteiger partial charge in [-0.15, -0.1) is 5.10 Å². The number of benzene rings is 1. The van der Waals surface area contributed by atoms with E-state index in [0.29, 0.717) is 0 Å². The van der Waals surface area contributed by atoms with Crippen LogP contribution in [0.5, 0.6) is 0 Å². The zero-order valence-corrected chi connectivity index (χ0v) is 9.11. The SMILES string of the molecule is Clc1ccc2c(c1)nnn2CC1CCC1. The Hall–Kier alpha value is -1.09. The lowest BCUT2D eigenvalue weighted by Crippen LogP contribution is -2.18. The second-order valence-electron chi connectivity index (χ2n) is 4.20. The van der Waals surface area contributed by atoms with Gasteiger partial charge in [0.2, 0.25) is 0 Å². The normalized spacial score (nSPS) is 16.9. The number of nitrogens with zero attached hydrogens (tertiary/aromatic N) is 3. The van der Waals surface area contributed by atoms with Gasteiger partial charge < -0.3 is 0 Å². The minimum Gasteiger partial charge on any atom is -0.244 e. The first-order valence-electron chi connectivity index (χ1n) is 5.32. The second kappa shape index (κ2) is 3.49. The van der Waals surface area contributed by atoms with Crippen LogP contribution in [0.25, 0.3) is 11.0 Å². The average molecular weight is 222 g/mol. The van der Waals surface area contributed by atoms with Crippen molar-refractivity contribution in [3.05, 3.63) is 23.2 Å².